The van der Waals surface area contributed by atoms with Gasteiger partial charge in [-0.2, -0.15) is 18.3 Å². The van der Waals surface area contributed by atoms with E-state index in [-0.39, 0.29) is 23.6 Å². The molecule has 7 nitrogen and oxygen atoms in total. The highest BCUT2D eigenvalue weighted by Crippen LogP contribution is 2.30. The van der Waals surface area contributed by atoms with Crippen molar-refractivity contribution in [3.05, 3.63) is 75.7 Å². The van der Waals surface area contributed by atoms with Crippen molar-refractivity contribution in [1.82, 2.24) is 20.6 Å². The number of unbranched alkanes of at least 4 members (excludes halogenated alkanes) is 2. The molecule has 35 heavy (non-hydrogen) atoms. The first-order valence-corrected chi connectivity index (χ1v) is 11.4. The molecule has 2 aromatic carbocycles. The summed E-state index contributed by atoms with van der Waals surface area (Å²) in [4.78, 5) is 37.9. The van der Waals surface area contributed by atoms with E-state index < -0.39 is 23.6 Å². The fourth-order valence-corrected chi connectivity index (χ4v) is 3.70. The van der Waals surface area contributed by atoms with E-state index in [9.17, 15) is 27.6 Å². The molecule has 0 aliphatic heterocycles. The number of aryl methyl sites for hydroxylation is 1. The number of hydrogen-bond acceptors (Lipinski definition) is 4. The maximum absolute atomic E-state index is 12.8. The maximum atomic E-state index is 12.8. The van der Waals surface area contributed by atoms with Gasteiger partial charge in [0.15, 0.2) is 5.69 Å². The fourth-order valence-electron chi connectivity index (χ4n) is 3.70. The lowest BCUT2D eigenvalue weighted by atomic mass is 9.96. The summed E-state index contributed by atoms with van der Waals surface area (Å²) in [6.45, 7) is 4.11. The van der Waals surface area contributed by atoms with E-state index >= 15 is 0 Å². The average molecular weight is 489 g/mol. The molecule has 1 atom stereocenters. The van der Waals surface area contributed by atoms with Crippen LogP contribution in [0.4, 0.5) is 13.2 Å². The molecule has 0 saturated heterocycles. The number of rotatable bonds is 8. The van der Waals surface area contributed by atoms with Crippen molar-refractivity contribution in [3.63, 3.8) is 0 Å². The Morgan fingerprint density at radius 3 is 2.29 bits per heavy atom. The first kappa shape index (κ1) is 25.9. The molecule has 10 heteroatoms. The van der Waals surface area contributed by atoms with Crippen LogP contribution in [0.1, 0.15) is 67.1 Å². The summed E-state index contributed by atoms with van der Waals surface area (Å²) in [5.74, 6) is -1.58. The zero-order valence-electron chi connectivity index (χ0n) is 19.5. The second-order valence-electron chi connectivity index (χ2n) is 8.36. The largest absolute Gasteiger partial charge is 0.416 e. The van der Waals surface area contributed by atoms with E-state index in [2.05, 4.69) is 16.0 Å². The molecule has 0 saturated carbocycles. The molecule has 1 heterocycles. The van der Waals surface area contributed by atoms with Crippen molar-refractivity contribution in [3.8, 4) is 0 Å². The van der Waals surface area contributed by atoms with Gasteiger partial charge in [0.1, 0.15) is 0 Å². The van der Waals surface area contributed by atoms with E-state index in [1.807, 2.05) is 6.92 Å². The Bertz CT molecular complexity index is 1250. The summed E-state index contributed by atoms with van der Waals surface area (Å²) in [6, 6.07) is 11.2. The van der Waals surface area contributed by atoms with Gasteiger partial charge in [-0.1, -0.05) is 57.0 Å². The maximum Gasteiger partial charge on any atom is 0.416 e. The van der Waals surface area contributed by atoms with Gasteiger partial charge in [0, 0.05) is 18.4 Å². The number of nitrogens with one attached hydrogen (secondary N) is 2. The Balaban J connectivity index is 1.68. The van der Waals surface area contributed by atoms with Gasteiger partial charge in [-0.3, -0.25) is 25.2 Å². The molecule has 1 unspecified atom stereocenters. The molecular formula is C25H27F3N4O3. The smallest absolute Gasteiger partial charge is 0.273 e. The quantitative estimate of drug-likeness (QED) is 0.359. The van der Waals surface area contributed by atoms with E-state index in [1.165, 1.54) is 16.8 Å². The lowest BCUT2D eigenvalue weighted by molar-refractivity contribution is -0.137. The number of amides is 2. The fraction of sp³-hybridized carbons (Fsp3) is 0.360. The monoisotopic (exact) mass is 488 g/mol. The van der Waals surface area contributed by atoms with Crippen LogP contribution in [0.25, 0.3) is 10.8 Å². The van der Waals surface area contributed by atoms with Crippen molar-refractivity contribution in [2.45, 2.75) is 58.2 Å². The molecule has 0 fully saturated rings. The number of halogens is 3. The van der Waals surface area contributed by atoms with Gasteiger partial charge in [-0.25, -0.2) is 4.68 Å². The highest BCUT2D eigenvalue weighted by atomic mass is 19.4. The molecule has 186 valence electrons. The van der Waals surface area contributed by atoms with Crippen LogP contribution in [0.5, 0.6) is 0 Å². The number of carbonyl (C=O) groups excluding carboxylic acids is 2. The summed E-state index contributed by atoms with van der Waals surface area (Å²) in [7, 11) is 0. The van der Waals surface area contributed by atoms with Crippen LogP contribution in [0, 0.1) is 0 Å². The predicted octanol–water partition coefficient (Wildman–Crippen LogP) is 4.56. The minimum atomic E-state index is -4.43. The number of hydrogen-bond donors (Lipinski definition) is 2. The molecule has 3 rings (SSSR count). The van der Waals surface area contributed by atoms with Crippen LogP contribution in [-0.4, -0.2) is 21.6 Å². The van der Waals surface area contributed by atoms with Gasteiger partial charge in [0.25, 0.3) is 11.5 Å². The number of carbonyl (C=O) groups is 2. The molecule has 2 amide bonds. The van der Waals surface area contributed by atoms with Crippen LogP contribution < -0.4 is 16.4 Å². The zero-order valence-corrected chi connectivity index (χ0v) is 19.5. The van der Waals surface area contributed by atoms with Crippen LogP contribution in [0.15, 0.2) is 53.3 Å². The number of nitrogens with zero attached hydrogens (tertiary/aromatic N) is 2. The molecular weight excluding hydrogens is 461 g/mol. The lowest BCUT2D eigenvalue weighted by Crippen LogP contribution is -2.43. The third-order valence-electron chi connectivity index (χ3n) is 5.67. The second kappa shape index (κ2) is 11.2. The lowest BCUT2D eigenvalue weighted by Gasteiger charge is -2.15. The summed E-state index contributed by atoms with van der Waals surface area (Å²) >= 11 is 0. The van der Waals surface area contributed by atoms with E-state index in [1.54, 1.807) is 31.2 Å². The first-order valence-electron chi connectivity index (χ1n) is 11.4. The Morgan fingerprint density at radius 2 is 1.66 bits per heavy atom. The number of aromatic nitrogens is 2. The minimum Gasteiger partial charge on any atom is -0.273 e. The topological polar surface area (TPSA) is 93.1 Å². The highest BCUT2D eigenvalue weighted by molar-refractivity contribution is 6.05. The number of hydrazine groups is 1. The summed E-state index contributed by atoms with van der Waals surface area (Å²) in [5.41, 5.74) is 4.16. The van der Waals surface area contributed by atoms with Gasteiger partial charge < -0.3 is 0 Å². The van der Waals surface area contributed by atoms with Crippen LogP contribution in [0.2, 0.25) is 0 Å². The Labute approximate surface area is 200 Å². The van der Waals surface area contributed by atoms with Gasteiger partial charge in [-0.05, 0) is 36.1 Å². The SMILES string of the molecule is CCCCCn1nc(C(=O)NNC(=O)CC(C)c2ccc(C(F)(F)F)cc2)c2ccccc2c1=O. The van der Waals surface area contributed by atoms with Gasteiger partial charge in [-0.15, -0.1) is 0 Å². The van der Waals surface area contributed by atoms with E-state index in [0.29, 0.717) is 22.9 Å². The highest BCUT2D eigenvalue weighted by Gasteiger charge is 2.30. The minimum absolute atomic E-state index is 0.00721. The van der Waals surface area contributed by atoms with Crippen molar-refractivity contribution < 1.29 is 22.8 Å². The van der Waals surface area contributed by atoms with Crippen molar-refractivity contribution in [2.75, 3.05) is 0 Å². The first-order chi connectivity index (χ1) is 16.6. The molecule has 0 aliphatic carbocycles. The molecule has 0 bridgehead atoms. The second-order valence-corrected chi connectivity index (χ2v) is 8.36. The average Bonchev–Trinajstić information content (AvgIpc) is 2.83. The number of alkyl halides is 3. The van der Waals surface area contributed by atoms with Crippen molar-refractivity contribution in [2.24, 2.45) is 0 Å². The van der Waals surface area contributed by atoms with Crippen LogP contribution in [0.3, 0.4) is 0 Å². The van der Waals surface area contributed by atoms with Gasteiger partial charge in [0.2, 0.25) is 5.91 Å². The molecule has 1 aromatic heterocycles. The van der Waals surface area contributed by atoms with Gasteiger partial charge >= 0.3 is 6.18 Å². The molecule has 2 N–H and O–H groups in total. The van der Waals surface area contributed by atoms with Crippen LogP contribution >= 0.6 is 0 Å². The standard InChI is InChI=1S/C25H27F3N4O3/c1-3-4-7-14-32-24(35)20-9-6-5-8-19(20)22(31-32)23(34)30-29-21(33)15-16(2)17-10-12-18(13-11-17)25(26,27)28/h5-6,8-13,16H,3-4,7,14-15H2,1-2H3,(H,29,33)(H,30,34). The van der Waals surface area contributed by atoms with E-state index in [0.717, 1.165) is 31.4 Å². The molecule has 0 aliphatic rings. The molecule has 0 radical (unpaired) electrons. The molecule has 3 aromatic rings. The Morgan fingerprint density at radius 1 is 1.00 bits per heavy atom. The summed E-state index contributed by atoms with van der Waals surface area (Å²) < 4.78 is 39.5. The third kappa shape index (κ3) is 6.46. The number of benzene rings is 2. The summed E-state index contributed by atoms with van der Waals surface area (Å²) in [5, 5.41) is 4.96. The predicted molar refractivity (Wildman–Crippen MR) is 126 cm³/mol. The van der Waals surface area contributed by atoms with Crippen molar-refractivity contribution >= 4 is 22.6 Å². The summed E-state index contributed by atoms with van der Waals surface area (Å²) in [6.07, 6.45) is -1.87. The molecule has 0 spiro atoms. The zero-order chi connectivity index (χ0) is 25.6. The Kier molecular flexibility index (Phi) is 8.26. The van der Waals surface area contributed by atoms with E-state index in [4.69, 9.17) is 0 Å². The van der Waals surface area contributed by atoms with Crippen LogP contribution in [-0.2, 0) is 17.5 Å². The van der Waals surface area contributed by atoms with Crippen molar-refractivity contribution in [1.29, 1.82) is 0 Å². The van der Waals surface area contributed by atoms with Gasteiger partial charge in [0.05, 0.1) is 10.9 Å². The normalized spacial score (nSPS) is 12.4. The third-order valence-corrected chi connectivity index (χ3v) is 5.67. The number of fused-ring (bicyclic) bond motifs is 1. The Hall–Kier alpha value is -3.69.